The van der Waals surface area contributed by atoms with Crippen LogP contribution < -0.4 is 10.5 Å². The van der Waals surface area contributed by atoms with E-state index in [2.05, 4.69) is 42.1 Å². The van der Waals surface area contributed by atoms with Crippen LogP contribution >= 0.6 is 43.2 Å². The second-order valence-electron chi connectivity index (χ2n) is 4.33. The lowest BCUT2D eigenvalue weighted by Gasteiger charge is -2.05. The zero-order chi connectivity index (χ0) is 15.0. The van der Waals surface area contributed by atoms with Crippen molar-refractivity contribution in [3.8, 4) is 28.1 Å². The fraction of sp³-hybridized carbons (Fsp3) is 0.0714. The zero-order valence-corrected chi connectivity index (χ0v) is 15.0. The lowest BCUT2D eigenvalue weighted by Crippen LogP contribution is -1.89. The average Bonchev–Trinajstić information content (AvgIpc) is 3.01. The van der Waals surface area contributed by atoms with Gasteiger partial charge in [-0.3, -0.25) is 5.10 Å². The molecule has 0 aliphatic heterocycles. The number of H-pyrrole nitrogens is 1. The van der Waals surface area contributed by atoms with Crippen LogP contribution in [0.3, 0.4) is 0 Å². The van der Waals surface area contributed by atoms with Crippen LogP contribution in [0.25, 0.3) is 22.4 Å². The number of aromatic nitrogens is 2. The van der Waals surface area contributed by atoms with E-state index in [9.17, 15) is 0 Å². The molecule has 2 aromatic heterocycles. The fourth-order valence-corrected chi connectivity index (χ4v) is 4.93. The lowest BCUT2D eigenvalue weighted by atomic mass is 10.0. The van der Waals surface area contributed by atoms with Gasteiger partial charge in [-0.1, -0.05) is 12.1 Å². The number of anilines is 1. The monoisotopic (exact) mass is 427 g/mol. The number of rotatable bonds is 3. The second kappa shape index (κ2) is 5.82. The van der Waals surface area contributed by atoms with Gasteiger partial charge in [0, 0.05) is 5.56 Å². The normalized spacial score (nSPS) is 10.8. The van der Waals surface area contributed by atoms with E-state index in [1.165, 1.54) is 0 Å². The molecule has 108 valence electrons. The maximum absolute atomic E-state index is 6.04. The van der Waals surface area contributed by atoms with Gasteiger partial charge in [0.15, 0.2) is 5.82 Å². The van der Waals surface area contributed by atoms with Crippen molar-refractivity contribution in [3.05, 3.63) is 37.9 Å². The number of ether oxygens (including phenoxy) is 1. The Hall–Kier alpha value is -1.31. The van der Waals surface area contributed by atoms with Crippen LogP contribution in [0.5, 0.6) is 5.75 Å². The molecule has 0 spiro atoms. The first-order valence-corrected chi connectivity index (χ1v) is 8.44. The lowest BCUT2D eigenvalue weighted by molar-refractivity contribution is 0.415. The fourth-order valence-electron chi connectivity index (χ4n) is 2.11. The highest BCUT2D eigenvalue weighted by molar-refractivity contribution is 9.12. The predicted molar refractivity (Wildman–Crippen MR) is 93.7 cm³/mol. The number of nitrogen functional groups attached to an aromatic ring is 1. The van der Waals surface area contributed by atoms with Crippen molar-refractivity contribution < 1.29 is 4.74 Å². The number of benzene rings is 1. The first kappa shape index (κ1) is 14.6. The summed E-state index contributed by atoms with van der Waals surface area (Å²) in [6.45, 7) is 0. The average molecular weight is 429 g/mol. The van der Waals surface area contributed by atoms with Gasteiger partial charge >= 0.3 is 0 Å². The Labute approximate surface area is 142 Å². The summed E-state index contributed by atoms with van der Waals surface area (Å²) in [6, 6.07) is 9.79. The zero-order valence-electron chi connectivity index (χ0n) is 11.0. The summed E-state index contributed by atoms with van der Waals surface area (Å²) in [4.78, 5) is 0. The second-order valence-corrected chi connectivity index (χ2v) is 8.07. The van der Waals surface area contributed by atoms with Crippen LogP contribution in [0.4, 0.5) is 5.82 Å². The summed E-state index contributed by atoms with van der Waals surface area (Å²) in [5.41, 5.74) is 9.85. The van der Waals surface area contributed by atoms with Crippen molar-refractivity contribution in [3.63, 3.8) is 0 Å². The molecule has 0 fully saturated rings. The molecule has 0 atom stereocenters. The Morgan fingerprint density at radius 3 is 2.52 bits per heavy atom. The topological polar surface area (TPSA) is 63.9 Å². The van der Waals surface area contributed by atoms with Crippen molar-refractivity contribution in [1.82, 2.24) is 10.2 Å². The summed E-state index contributed by atoms with van der Waals surface area (Å²) in [5, 5.41) is 7.17. The molecule has 1 aromatic carbocycles. The standard InChI is InChI=1S/C14H11Br2N3OS/c1-20-8-4-2-7(3-5-8)11-12(18-19-14(11)17)9-6-10(15)21-13(9)16/h2-6H,1H3,(H3,17,18,19). The third-order valence-corrected chi connectivity index (χ3v) is 5.44. The highest BCUT2D eigenvalue weighted by atomic mass is 79.9. The van der Waals surface area contributed by atoms with E-state index < -0.39 is 0 Å². The van der Waals surface area contributed by atoms with Gasteiger partial charge in [0.05, 0.1) is 25.9 Å². The number of thiophene rings is 1. The predicted octanol–water partition coefficient (Wildman–Crippen LogP) is 4.92. The van der Waals surface area contributed by atoms with Gasteiger partial charge in [-0.2, -0.15) is 5.10 Å². The number of nitrogens with two attached hydrogens (primary N) is 1. The van der Waals surface area contributed by atoms with Crippen molar-refractivity contribution in [2.45, 2.75) is 0 Å². The molecule has 0 radical (unpaired) electrons. The molecular weight excluding hydrogens is 418 g/mol. The van der Waals surface area contributed by atoms with Crippen molar-refractivity contribution in [2.24, 2.45) is 0 Å². The molecule has 0 saturated heterocycles. The SMILES string of the molecule is COc1ccc(-c2c(N)n[nH]c2-c2cc(Br)sc2Br)cc1. The maximum Gasteiger partial charge on any atom is 0.153 e. The quantitative estimate of drug-likeness (QED) is 0.622. The molecule has 3 N–H and O–H groups in total. The summed E-state index contributed by atoms with van der Waals surface area (Å²) < 4.78 is 7.25. The molecule has 0 bridgehead atoms. The summed E-state index contributed by atoms with van der Waals surface area (Å²) in [7, 11) is 1.65. The van der Waals surface area contributed by atoms with Crippen molar-refractivity contribution >= 4 is 49.0 Å². The van der Waals surface area contributed by atoms with Gasteiger partial charge in [0.25, 0.3) is 0 Å². The molecule has 0 aliphatic carbocycles. The minimum absolute atomic E-state index is 0.476. The maximum atomic E-state index is 6.04. The van der Waals surface area contributed by atoms with E-state index in [1.807, 2.05) is 30.3 Å². The number of nitrogens with zero attached hydrogens (tertiary/aromatic N) is 1. The van der Waals surface area contributed by atoms with Crippen molar-refractivity contribution in [1.29, 1.82) is 0 Å². The van der Waals surface area contributed by atoms with E-state index in [0.29, 0.717) is 5.82 Å². The smallest absolute Gasteiger partial charge is 0.153 e. The van der Waals surface area contributed by atoms with E-state index in [4.69, 9.17) is 10.5 Å². The molecule has 0 unspecified atom stereocenters. The van der Waals surface area contributed by atoms with Crippen LogP contribution in [0, 0.1) is 0 Å². The summed E-state index contributed by atoms with van der Waals surface area (Å²) in [6.07, 6.45) is 0. The molecule has 2 heterocycles. The number of hydrogen-bond donors (Lipinski definition) is 2. The number of methoxy groups -OCH3 is 1. The Bertz CT molecular complexity index is 780. The molecule has 7 heteroatoms. The minimum atomic E-state index is 0.476. The summed E-state index contributed by atoms with van der Waals surface area (Å²) in [5.74, 6) is 1.28. The molecule has 0 saturated carbocycles. The van der Waals surface area contributed by atoms with Gasteiger partial charge in [-0.15, -0.1) is 11.3 Å². The number of halogens is 2. The molecule has 0 aliphatic rings. The molecule has 3 rings (SSSR count). The Kier molecular flexibility index (Phi) is 4.05. The number of nitrogens with one attached hydrogen (secondary N) is 1. The molecule has 21 heavy (non-hydrogen) atoms. The van der Waals surface area contributed by atoms with Crippen LogP contribution in [-0.4, -0.2) is 17.3 Å². The van der Waals surface area contributed by atoms with Crippen molar-refractivity contribution in [2.75, 3.05) is 12.8 Å². The van der Waals surface area contributed by atoms with Gasteiger partial charge < -0.3 is 10.5 Å². The minimum Gasteiger partial charge on any atom is -0.497 e. The van der Waals surface area contributed by atoms with Gasteiger partial charge in [-0.05, 0) is 55.6 Å². The van der Waals surface area contributed by atoms with E-state index in [-0.39, 0.29) is 0 Å². The molecule has 0 amide bonds. The Morgan fingerprint density at radius 1 is 1.24 bits per heavy atom. The number of aromatic amines is 1. The first-order chi connectivity index (χ1) is 10.1. The van der Waals surface area contributed by atoms with E-state index >= 15 is 0 Å². The van der Waals surface area contributed by atoms with Crippen LogP contribution in [0.15, 0.2) is 37.9 Å². The van der Waals surface area contributed by atoms with E-state index in [0.717, 1.165) is 35.7 Å². The summed E-state index contributed by atoms with van der Waals surface area (Å²) >= 11 is 8.67. The Morgan fingerprint density at radius 2 is 1.95 bits per heavy atom. The van der Waals surface area contributed by atoms with Gasteiger partial charge in [-0.25, -0.2) is 0 Å². The van der Waals surface area contributed by atoms with Crippen LogP contribution in [0.1, 0.15) is 0 Å². The first-order valence-electron chi connectivity index (χ1n) is 6.03. The highest BCUT2D eigenvalue weighted by Crippen LogP contribution is 2.43. The van der Waals surface area contributed by atoms with Gasteiger partial charge in [0.2, 0.25) is 0 Å². The van der Waals surface area contributed by atoms with Crippen LogP contribution in [-0.2, 0) is 0 Å². The number of hydrogen-bond acceptors (Lipinski definition) is 4. The Balaban J connectivity index is 2.14. The van der Waals surface area contributed by atoms with Crippen LogP contribution in [0.2, 0.25) is 0 Å². The molecule has 4 nitrogen and oxygen atoms in total. The largest absolute Gasteiger partial charge is 0.497 e. The molecular formula is C14H11Br2N3OS. The van der Waals surface area contributed by atoms with E-state index in [1.54, 1.807) is 18.4 Å². The van der Waals surface area contributed by atoms with Gasteiger partial charge in [0.1, 0.15) is 5.75 Å². The molecule has 3 aromatic rings. The highest BCUT2D eigenvalue weighted by Gasteiger charge is 2.18. The third-order valence-electron chi connectivity index (χ3n) is 3.10. The third kappa shape index (κ3) is 2.73.